The standard InChI is InChI=1S/C20H20N4O5/c1-23-10-7-16(25)18(19(23)28)24(20(29)22-9-6-17(26)27)15-4-2-3-13(11-15)14-5-8-21-12-14/h2-5,7-8,10-12,21,25H,6,9H2,1H3,(H,22,29)(H,26,27). The predicted molar refractivity (Wildman–Crippen MR) is 107 cm³/mol. The van der Waals surface area contributed by atoms with Crippen molar-refractivity contribution in [1.29, 1.82) is 0 Å². The maximum absolute atomic E-state index is 12.9. The third-order valence-corrected chi connectivity index (χ3v) is 4.30. The van der Waals surface area contributed by atoms with Crippen molar-refractivity contribution in [3.8, 4) is 16.9 Å². The number of hydrogen-bond donors (Lipinski definition) is 4. The lowest BCUT2D eigenvalue weighted by atomic mass is 10.1. The van der Waals surface area contributed by atoms with Crippen LogP contribution in [0, 0.1) is 0 Å². The van der Waals surface area contributed by atoms with Crippen molar-refractivity contribution in [2.75, 3.05) is 11.4 Å². The molecule has 0 saturated carbocycles. The summed E-state index contributed by atoms with van der Waals surface area (Å²) in [5.41, 5.74) is 1.21. The van der Waals surface area contributed by atoms with Crippen LogP contribution in [0.1, 0.15) is 6.42 Å². The molecule has 0 bridgehead atoms. The molecule has 150 valence electrons. The molecule has 0 aliphatic carbocycles. The van der Waals surface area contributed by atoms with Crippen molar-refractivity contribution in [1.82, 2.24) is 14.9 Å². The first-order valence-electron chi connectivity index (χ1n) is 8.80. The largest absolute Gasteiger partial charge is 0.505 e. The number of hydrogen-bond acceptors (Lipinski definition) is 4. The van der Waals surface area contributed by atoms with Crippen molar-refractivity contribution in [2.24, 2.45) is 7.05 Å². The number of H-pyrrole nitrogens is 1. The Bertz CT molecular complexity index is 1090. The van der Waals surface area contributed by atoms with Crippen molar-refractivity contribution in [3.63, 3.8) is 0 Å². The van der Waals surface area contributed by atoms with E-state index < -0.39 is 17.6 Å². The van der Waals surface area contributed by atoms with Crippen LogP contribution >= 0.6 is 0 Å². The van der Waals surface area contributed by atoms with E-state index in [9.17, 15) is 19.5 Å². The average Bonchev–Trinajstić information content (AvgIpc) is 3.23. The number of rotatable bonds is 6. The van der Waals surface area contributed by atoms with Crippen LogP contribution in [0.25, 0.3) is 11.1 Å². The number of amides is 2. The number of pyridine rings is 1. The lowest BCUT2D eigenvalue weighted by Gasteiger charge is -2.24. The third-order valence-electron chi connectivity index (χ3n) is 4.30. The monoisotopic (exact) mass is 396 g/mol. The lowest BCUT2D eigenvalue weighted by molar-refractivity contribution is -0.136. The molecule has 0 radical (unpaired) electrons. The van der Waals surface area contributed by atoms with E-state index in [-0.39, 0.29) is 24.4 Å². The topological polar surface area (TPSA) is 128 Å². The fourth-order valence-corrected chi connectivity index (χ4v) is 2.85. The summed E-state index contributed by atoms with van der Waals surface area (Å²) in [4.78, 5) is 40.3. The minimum atomic E-state index is -1.07. The van der Waals surface area contributed by atoms with E-state index in [1.807, 2.05) is 12.1 Å². The molecule has 0 unspecified atom stereocenters. The van der Waals surface area contributed by atoms with Gasteiger partial charge in [-0.3, -0.25) is 14.5 Å². The summed E-state index contributed by atoms with van der Waals surface area (Å²) in [5.74, 6) is -1.43. The van der Waals surface area contributed by atoms with E-state index in [1.54, 1.807) is 30.6 Å². The number of nitrogens with one attached hydrogen (secondary N) is 2. The average molecular weight is 396 g/mol. The number of benzene rings is 1. The minimum Gasteiger partial charge on any atom is -0.505 e. The fraction of sp³-hybridized carbons (Fsp3) is 0.150. The molecule has 1 aromatic carbocycles. The summed E-state index contributed by atoms with van der Waals surface area (Å²) < 4.78 is 1.24. The molecule has 2 amide bonds. The van der Waals surface area contributed by atoms with Gasteiger partial charge >= 0.3 is 12.0 Å². The summed E-state index contributed by atoms with van der Waals surface area (Å²) >= 11 is 0. The number of nitrogens with zero attached hydrogens (tertiary/aromatic N) is 2. The Morgan fingerprint density at radius 2 is 2.00 bits per heavy atom. The Morgan fingerprint density at radius 3 is 2.69 bits per heavy atom. The highest BCUT2D eigenvalue weighted by Crippen LogP contribution is 2.32. The number of aliphatic carboxylic acids is 1. The van der Waals surface area contributed by atoms with Crippen LogP contribution in [0.2, 0.25) is 0 Å². The van der Waals surface area contributed by atoms with Gasteiger partial charge in [0, 0.05) is 32.2 Å². The van der Waals surface area contributed by atoms with Gasteiger partial charge in [-0.15, -0.1) is 0 Å². The maximum atomic E-state index is 12.9. The summed E-state index contributed by atoms with van der Waals surface area (Å²) in [6.07, 6.45) is 4.66. The van der Waals surface area contributed by atoms with Gasteiger partial charge < -0.3 is 25.1 Å². The quantitative estimate of drug-likeness (QED) is 0.509. The van der Waals surface area contributed by atoms with Crippen LogP contribution in [0.3, 0.4) is 0 Å². The molecule has 0 aliphatic heterocycles. The van der Waals surface area contributed by atoms with Gasteiger partial charge in [-0.2, -0.15) is 0 Å². The SMILES string of the molecule is Cn1ccc(O)c(N(C(=O)NCCC(=O)O)c2cccc(-c3cc[nH]c3)c2)c1=O. The van der Waals surface area contributed by atoms with Crippen LogP contribution in [-0.2, 0) is 11.8 Å². The number of aryl methyl sites for hydroxylation is 1. The Balaban J connectivity index is 2.08. The molecular formula is C20H20N4O5. The van der Waals surface area contributed by atoms with Crippen LogP contribution in [0.5, 0.6) is 5.75 Å². The number of urea groups is 1. The molecule has 0 aliphatic rings. The number of aromatic nitrogens is 2. The first-order chi connectivity index (χ1) is 13.9. The minimum absolute atomic E-state index is 0.129. The second-order valence-corrected chi connectivity index (χ2v) is 6.33. The number of carbonyl (C=O) groups excluding carboxylic acids is 1. The zero-order chi connectivity index (χ0) is 21.0. The van der Waals surface area contributed by atoms with Gasteiger partial charge in [-0.05, 0) is 35.4 Å². The second kappa shape index (κ2) is 8.34. The number of carbonyl (C=O) groups is 2. The van der Waals surface area contributed by atoms with E-state index in [0.29, 0.717) is 5.69 Å². The van der Waals surface area contributed by atoms with Gasteiger partial charge in [0.25, 0.3) is 5.56 Å². The summed E-state index contributed by atoms with van der Waals surface area (Å²) in [6, 6.07) is 9.33. The Kier molecular flexibility index (Phi) is 5.68. The molecule has 0 atom stereocenters. The molecule has 4 N–H and O–H groups in total. The number of carboxylic acids is 1. The Morgan fingerprint density at radius 1 is 1.21 bits per heavy atom. The van der Waals surface area contributed by atoms with Crippen LogP contribution in [0.4, 0.5) is 16.2 Å². The zero-order valence-corrected chi connectivity index (χ0v) is 15.6. The lowest BCUT2D eigenvalue weighted by Crippen LogP contribution is -2.41. The zero-order valence-electron chi connectivity index (χ0n) is 15.6. The first kappa shape index (κ1) is 19.7. The predicted octanol–water partition coefficient (Wildman–Crippen LogP) is 2.41. The molecule has 29 heavy (non-hydrogen) atoms. The van der Waals surface area contributed by atoms with Crippen molar-refractivity contribution in [2.45, 2.75) is 6.42 Å². The highest BCUT2D eigenvalue weighted by atomic mass is 16.4. The second-order valence-electron chi connectivity index (χ2n) is 6.33. The van der Waals surface area contributed by atoms with Crippen molar-refractivity contribution < 1.29 is 19.8 Å². The number of aromatic hydroxyl groups is 1. The highest BCUT2D eigenvalue weighted by molar-refractivity contribution is 6.01. The van der Waals surface area contributed by atoms with Crippen molar-refractivity contribution in [3.05, 3.63) is 65.3 Å². The highest BCUT2D eigenvalue weighted by Gasteiger charge is 2.25. The van der Waals surface area contributed by atoms with Crippen LogP contribution in [-0.4, -0.2) is 38.3 Å². The van der Waals surface area contributed by atoms with Gasteiger partial charge in [0.2, 0.25) is 0 Å². The van der Waals surface area contributed by atoms with Gasteiger partial charge in [-0.25, -0.2) is 4.79 Å². The maximum Gasteiger partial charge on any atom is 0.326 e. The normalized spacial score (nSPS) is 10.5. The van der Waals surface area contributed by atoms with E-state index in [1.165, 1.54) is 23.9 Å². The Labute approximate surface area is 165 Å². The smallest absolute Gasteiger partial charge is 0.326 e. The molecule has 9 nitrogen and oxygen atoms in total. The molecule has 3 rings (SSSR count). The molecule has 2 heterocycles. The molecule has 0 spiro atoms. The van der Waals surface area contributed by atoms with E-state index in [2.05, 4.69) is 10.3 Å². The molecule has 0 saturated heterocycles. The van der Waals surface area contributed by atoms with E-state index >= 15 is 0 Å². The van der Waals surface area contributed by atoms with E-state index in [4.69, 9.17) is 5.11 Å². The molecule has 2 aromatic heterocycles. The summed E-state index contributed by atoms with van der Waals surface area (Å²) in [6.45, 7) is -0.129. The van der Waals surface area contributed by atoms with Crippen LogP contribution in [0.15, 0.2) is 59.8 Å². The fourth-order valence-electron chi connectivity index (χ4n) is 2.85. The van der Waals surface area contributed by atoms with Gasteiger partial charge in [0.05, 0.1) is 12.1 Å². The van der Waals surface area contributed by atoms with Gasteiger partial charge in [-0.1, -0.05) is 12.1 Å². The van der Waals surface area contributed by atoms with Crippen LogP contribution < -0.4 is 15.8 Å². The number of anilines is 2. The summed E-state index contributed by atoms with van der Waals surface area (Å²) in [5, 5.41) is 21.6. The van der Waals surface area contributed by atoms with Crippen molar-refractivity contribution >= 4 is 23.4 Å². The number of carboxylic acid groups (broad SMARTS) is 1. The molecule has 9 heteroatoms. The van der Waals surface area contributed by atoms with E-state index in [0.717, 1.165) is 16.0 Å². The first-order valence-corrected chi connectivity index (χ1v) is 8.80. The van der Waals surface area contributed by atoms with Gasteiger partial charge in [0.15, 0.2) is 5.69 Å². The molecule has 3 aromatic rings. The van der Waals surface area contributed by atoms with Gasteiger partial charge in [0.1, 0.15) is 5.75 Å². The third kappa shape index (κ3) is 4.29. The Hall–Kier alpha value is -4.01. The molecular weight excluding hydrogens is 376 g/mol. The molecule has 0 fully saturated rings. The number of aromatic amines is 1. The summed E-state index contributed by atoms with van der Waals surface area (Å²) in [7, 11) is 1.50.